The molecule has 0 unspecified atom stereocenters. The fourth-order valence-corrected chi connectivity index (χ4v) is 5.06. The van der Waals surface area contributed by atoms with E-state index in [4.69, 9.17) is 9.94 Å². The van der Waals surface area contributed by atoms with Gasteiger partial charge < -0.3 is 15.0 Å². The van der Waals surface area contributed by atoms with Crippen LogP contribution in [0, 0.1) is 25.2 Å². The van der Waals surface area contributed by atoms with Gasteiger partial charge in [0, 0.05) is 19.6 Å². The van der Waals surface area contributed by atoms with E-state index < -0.39 is 17.9 Å². The Morgan fingerprint density at radius 1 is 1.27 bits per heavy atom. The number of rotatable bonds is 4. The van der Waals surface area contributed by atoms with Crippen molar-refractivity contribution in [3.8, 4) is 5.75 Å². The molecule has 0 aromatic heterocycles. The van der Waals surface area contributed by atoms with Gasteiger partial charge in [-0.25, -0.2) is 5.48 Å². The fraction of sp³-hybridized carbons (Fsp3) is 0.565. The number of hydrogen-bond acceptors (Lipinski definition) is 5. The number of carbonyl (C=O) groups is 2. The molecule has 3 aliphatic rings. The Morgan fingerprint density at radius 2 is 1.97 bits per heavy atom. The normalized spacial score (nSPS) is 24.9. The lowest BCUT2D eigenvalue weighted by Crippen LogP contribution is -2.59. The molecule has 1 aromatic rings. The van der Waals surface area contributed by atoms with E-state index in [1.54, 1.807) is 12.6 Å². The zero-order valence-corrected chi connectivity index (χ0v) is 18.0. The number of amides is 2. The Morgan fingerprint density at radius 3 is 2.50 bits per heavy atom. The molecule has 2 fully saturated rings. The third kappa shape index (κ3) is 3.84. The Labute approximate surface area is 177 Å². The Kier molecular flexibility index (Phi) is 5.59. The molecule has 4 rings (SSSR count). The van der Waals surface area contributed by atoms with Crippen LogP contribution in [0.1, 0.15) is 42.4 Å². The monoisotopic (exact) mass is 413 g/mol. The highest BCUT2D eigenvalue weighted by molar-refractivity contribution is 5.90. The van der Waals surface area contributed by atoms with Gasteiger partial charge in [-0.05, 0) is 79.3 Å². The number of aryl methyl sites for hydroxylation is 2. The van der Waals surface area contributed by atoms with Crippen LogP contribution in [0.5, 0.6) is 5.75 Å². The van der Waals surface area contributed by atoms with Gasteiger partial charge in [-0.3, -0.25) is 14.8 Å². The van der Waals surface area contributed by atoms with Gasteiger partial charge in [0.25, 0.3) is 0 Å². The number of nitrogens with one attached hydrogen (secondary N) is 2. The van der Waals surface area contributed by atoms with Crippen molar-refractivity contribution in [1.29, 1.82) is 0 Å². The quantitative estimate of drug-likeness (QED) is 0.520. The van der Waals surface area contributed by atoms with E-state index in [1.165, 1.54) is 11.1 Å². The molecule has 7 heteroatoms. The summed E-state index contributed by atoms with van der Waals surface area (Å²) in [6, 6.07) is 3.69. The standard InChI is InChI=1S/C23H31N3O4/c1-14-10-17(11-15(2)20(14)30-3)16-4-8-26(9-5-16)22(28)19-18(21(27)25-29)12-23(6-7-23)13-24-19/h4,10-11,18-19,24,29H,5-9,12-13H2,1-3H3,(H,25,27)/t18-,19-/m0/s1. The van der Waals surface area contributed by atoms with Crippen molar-refractivity contribution in [2.45, 2.75) is 45.6 Å². The predicted octanol–water partition coefficient (Wildman–Crippen LogP) is 2.19. The van der Waals surface area contributed by atoms with Crippen molar-refractivity contribution in [2.24, 2.45) is 11.3 Å². The Hall–Kier alpha value is -2.38. The minimum Gasteiger partial charge on any atom is -0.496 e. The van der Waals surface area contributed by atoms with Crippen molar-refractivity contribution in [3.05, 3.63) is 34.9 Å². The summed E-state index contributed by atoms with van der Waals surface area (Å²) in [5.74, 6) is -0.145. The number of hydrogen-bond donors (Lipinski definition) is 3. The second-order valence-electron chi connectivity index (χ2n) is 9.05. The van der Waals surface area contributed by atoms with Gasteiger partial charge >= 0.3 is 0 Å². The van der Waals surface area contributed by atoms with Gasteiger partial charge in [0.2, 0.25) is 11.8 Å². The first-order valence-corrected chi connectivity index (χ1v) is 10.7. The number of methoxy groups -OCH3 is 1. The molecule has 3 N–H and O–H groups in total. The lowest BCUT2D eigenvalue weighted by Gasteiger charge is -2.38. The molecule has 7 nitrogen and oxygen atoms in total. The van der Waals surface area contributed by atoms with E-state index in [1.807, 2.05) is 18.7 Å². The van der Waals surface area contributed by atoms with E-state index in [0.29, 0.717) is 19.5 Å². The summed E-state index contributed by atoms with van der Waals surface area (Å²) in [6.45, 7) is 5.99. The van der Waals surface area contributed by atoms with Gasteiger partial charge in [0.1, 0.15) is 5.75 Å². The lowest BCUT2D eigenvalue weighted by atomic mass is 9.81. The third-order valence-electron chi connectivity index (χ3n) is 6.98. The molecule has 30 heavy (non-hydrogen) atoms. The van der Waals surface area contributed by atoms with E-state index in [-0.39, 0.29) is 11.3 Å². The van der Waals surface area contributed by atoms with Crippen molar-refractivity contribution < 1.29 is 19.5 Å². The molecule has 1 aromatic carbocycles. The van der Waals surface area contributed by atoms with Crippen LogP contribution in [-0.2, 0) is 9.59 Å². The van der Waals surface area contributed by atoms with E-state index in [0.717, 1.165) is 42.7 Å². The average molecular weight is 414 g/mol. The number of ether oxygens (including phenoxy) is 1. The van der Waals surface area contributed by atoms with Crippen LogP contribution >= 0.6 is 0 Å². The summed E-state index contributed by atoms with van der Waals surface area (Å²) in [6.07, 6.45) is 5.68. The molecular weight excluding hydrogens is 382 g/mol. The molecule has 1 spiro atoms. The highest BCUT2D eigenvalue weighted by Crippen LogP contribution is 2.52. The summed E-state index contributed by atoms with van der Waals surface area (Å²) in [5.41, 5.74) is 6.50. The van der Waals surface area contributed by atoms with Crippen LogP contribution in [0.2, 0.25) is 0 Å². The number of piperidine rings is 1. The van der Waals surface area contributed by atoms with Crippen LogP contribution in [0.25, 0.3) is 5.57 Å². The highest BCUT2D eigenvalue weighted by Gasteiger charge is 2.52. The lowest BCUT2D eigenvalue weighted by molar-refractivity contribution is -0.144. The number of nitrogens with zero attached hydrogens (tertiary/aromatic N) is 1. The molecule has 1 saturated carbocycles. The topological polar surface area (TPSA) is 90.9 Å². The highest BCUT2D eigenvalue weighted by atomic mass is 16.5. The molecule has 0 radical (unpaired) electrons. The maximum absolute atomic E-state index is 13.2. The summed E-state index contributed by atoms with van der Waals surface area (Å²) in [7, 11) is 1.69. The SMILES string of the molecule is COc1c(C)cc(C2=CCN(C(=O)[C@H]3NCC4(CC4)C[C@@H]3C(=O)NO)CC2)cc1C. The first-order chi connectivity index (χ1) is 14.4. The summed E-state index contributed by atoms with van der Waals surface area (Å²) < 4.78 is 5.46. The average Bonchev–Trinajstić information content (AvgIpc) is 3.51. The molecule has 2 amide bonds. The molecule has 162 valence electrons. The van der Waals surface area contributed by atoms with E-state index in [2.05, 4.69) is 23.5 Å². The smallest absolute Gasteiger partial charge is 0.248 e. The van der Waals surface area contributed by atoms with Gasteiger partial charge in [0.15, 0.2) is 0 Å². The first kappa shape index (κ1) is 20.9. The van der Waals surface area contributed by atoms with Crippen molar-refractivity contribution in [3.63, 3.8) is 0 Å². The van der Waals surface area contributed by atoms with Crippen molar-refractivity contribution in [2.75, 3.05) is 26.7 Å². The third-order valence-corrected chi connectivity index (χ3v) is 6.98. The van der Waals surface area contributed by atoms with Crippen LogP contribution in [0.15, 0.2) is 18.2 Å². The number of hydroxylamine groups is 1. The minimum absolute atomic E-state index is 0.0588. The number of benzene rings is 1. The van der Waals surface area contributed by atoms with E-state index >= 15 is 0 Å². The molecule has 1 aliphatic carbocycles. The van der Waals surface area contributed by atoms with Gasteiger partial charge in [-0.2, -0.15) is 0 Å². The van der Waals surface area contributed by atoms with Crippen LogP contribution in [-0.4, -0.2) is 54.7 Å². The minimum atomic E-state index is -0.580. The largest absolute Gasteiger partial charge is 0.496 e. The summed E-state index contributed by atoms with van der Waals surface area (Å²) >= 11 is 0. The maximum Gasteiger partial charge on any atom is 0.248 e. The zero-order chi connectivity index (χ0) is 21.5. The molecule has 2 atom stereocenters. The predicted molar refractivity (Wildman–Crippen MR) is 113 cm³/mol. The van der Waals surface area contributed by atoms with Gasteiger partial charge in [0.05, 0.1) is 19.1 Å². The van der Waals surface area contributed by atoms with Crippen molar-refractivity contribution >= 4 is 17.4 Å². The second-order valence-corrected chi connectivity index (χ2v) is 9.05. The fourth-order valence-electron chi connectivity index (χ4n) is 5.06. The van der Waals surface area contributed by atoms with E-state index in [9.17, 15) is 9.59 Å². The van der Waals surface area contributed by atoms with Crippen LogP contribution in [0.3, 0.4) is 0 Å². The first-order valence-electron chi connectivity index (χ1n) is 10.7. The molecule has 2 heterocycles. The maximum atomic E-state index is 13.2. The van der Waals surface area contributed by atoms with Crippen LogP contribution in [0.4, 0.5) is 0 Å². The van der Waals surface area contributed by atoms with Gasteiger partial charge in [-0.15, -0.1) is 0 Å². The summed E-state index contributed by atoms with van der Waals surface area (Å²) in [5, 5.41) is 12.5. The zero-order valence-electron chi connectivity index (χ0n) is 18.0. The molecule has 2 aliphatic heterocycles. The Bertz CT molecular complexity index is 867. The molecule has 0 bridgehead atoms. The van der Waals surface area contributed by atoms with Crippen LogP contribution < -0.4 is 15.5 Å². The molecular formula is C23H31N3O4. The Balaban J connectivity index is 1.47. The molecule has 1 saturated heterocycles. The number of carbonyl (C=O) groups excluding carboxylic acids is 2. The van der Waals surface area contributed by atoms with Gasteiger partial charge in [-0.1, -0.05) is 6.08 Å². The van der Waals surface area contributed by atoms with Crippen molar-refractivity contribution in [1.82, 2.24) is 15.7 Å². The summed E-state index contributed by atoms with van der Waals surface area (Å²) in [4.78, 5) is 27.3. The second kappa shape index (κ2) is 8.04.